The fourth-order valence-corrected chi connectivity index (χ4v) is 2.79. The van der Waals surface area contributed by atoms with Gasteiger partial charge >= 0.3 is 12.0 Å². The average molecular weight is 270 g/mol. The summed E-state index contributed by atoms with van der Waals surface area (Å²) in [5, 5.41) is 12.4. The first kappa shape index (κ1) is 15.8. The lowest BCUT2D eigenvalue weighted by atomic mass is 9.93. The third-order valence-electron chi connectivity index (χ3n) is 4.08. The van der Waals surface area contributed by atoms with Crippen molar-refractivity contribution >= 4 is 12.0 Å². The standard InChI is InChI=1S/C14H26N2O3/c1-4-6-8-11(3)15-13(19)16-10-7-9-14(16,5-2)12(17)18/h11H,4-10H2,1-3H3,(H,15,19)(H,17,18). The van der Waals surface area contributed by atoms with Gasteiger partial charge in [-0.2, -0.15) is 0 Å². The Bertz CT molecular complexity index is 333. The molecule has 0 aromatic rings. The van der Waals surface area contributed by atoms with Crippen molar-refractivity contribution < 1.29 is 14.7 Å². The molecule has 0 spiro atoms. The zero-order valence-electron chi connectivity index (χ0n) is 12.2. The molecule has 1 aliphatic rings. The van der Waals surface area contributed by atoms with Crippen molar-refractivity contribution in [2.24, 2.45) is 0 Å². The first-order valence-corrected chi connectivity index (χ1v) is 7.29. The zero-order chi connectivity index (χ0) is 14.5. The van der Waals surface area contributed by atoms with Gasteiger partial charge in [-0.15, -0.1) is 0 Å². The topological polar surface area (TPSA) is 69.6 Å². The number of urea groups is 1. The molecule has 1 aliphatic heterocycles. The predicted octanol–water partition coefficient (Wildman–Crippen LogP) is 2.60. The molecule has 2 N–H and O–H groups in total. The lowest BCUT2D eigenvalue weighted by molar-refractivity contribution is -0.148. The highest BCUT2D eigenvalue weighted by molar-refractivity contribution is 5.87. The Kier molecular flexibility index (Phi) is 5.63. The van der Waals surface area contributed by atoms with E-state index in [1.54, 1.807) is 0 Å². The summed E-state index contributed by atoms with van der Waals surface area (Å²) in [5.41, 5.74) is -1.01. The van der Waals surface area contributed by atoms with Crippen molar-refractivity contribution in [2.45, 2.75) is 70.9 Å². The van der Waals surface area contributed by atoms with Gasteiger partial charge in [0, 0.05) is 12.6 Å². The van der Waals surface area contributed by atoms with Crippen LogP contribution in [0.25, 0.3) is 0 Å². The van der Waals surface area contributed by atoms with Crippen LogP contribution in [-0.2, 0) is 4.79 Å². The minimum atomic E-state index is -1.01. The predicted molar refractivity (Wildman–Crippen MR) is 74.1 cm³/mol. The van der Waals surface area contributed by atoms with E-state index >= 15 is 0 Å². The third kappa shape index (κ3) is 3.39. The van der Waals surface area contributed by atoms with E-state index in [1.165, 1.54) is 4.90 Å². The van der Waals surface area contributed by atoms with E-state index in [4.69, 9.17) is 0 Å². The lowest BCUT2D eigenvalue weighted by Gasteiger charge is -2.34. The molecule has 1 fully saturated rings. The summed E-state index contributed by atoms with van der Waals surface area (Å²) in [4.78, 5) is 25.3. The highest BCUT2D eigenvalue weighted by Gasteiger charge is 2.48. The molecule has 0 radical (unpaired) electrons. The van der Waals surface area contributed by atoms with Gasteiger partial charge in [0.25, 0.3) is 0 Å². The number of aliphatic carboxylic acids is 1. The molecule has 19 heavy (non-hydrogen) atoms. The number of carboxylic acid groups (broad SMARTS) is 1. The van der Waals surface area contributed by atoms with E-state index in [1.807, 2.05) is 13.8 Å². The molecule has 110 valence electrons. The maximum Gasteiger partial charge on any atom is 0.329 e. The first-order valence-electron chi connectivity index (χ1n) is 7.29. The number of rotatable bonds is 6. The molecule has 5 heteroatoms. The number of nitrogens with zero attached hydrogens (tertiary/aromatic N) is 1. The molecule has 5 nitrogen and oxygen atoms in total. The molecule has 0 saturated carbocycles. The van der Waals surface area contributed by atoms with Gasteiger partial charge in [-0.3, -0.25) is 0 Å². The Balaban J connectivity index is 2.67. The van der Waals surface area contributed by atoms with Crippen molar-refractivity contribution in [1.82, 2.24) is 10.2 Å². The van der Waals surface area contributed by atoms with Crippen LogP contribution in [0.2, 0.25) is 0 Å². The van der Waals surface area contributed by atoms with Crippen LogP contribution in [0, 0.1) is 0 Å². The number of carbonyl (C=O) groups excluding carboxylic acids is 1. The quantitative estimate of drug-likeness (QED) is 0.779. The fraction of sp³-hybridized carbons (Fsp3) is 0.857. The molecule has 1 heterocycles. The summed E-state index contributed by atoms with van der Waals surface area (Å²) in [7, 11) is 0. The number of unbranched alkanes of at least 4 members (excludes halogenated alkanes) is 1. The summed E-state index contributed by atoms with van der Waals surface area (Å²) in [5.74, 6) is -0.885. The van der Waals surface area contributed by atoms with Gasteiger partial charge in [-0.25, -0.2) is 9.59 Å². The number of carbonyl (C=O) groups is 2. The van der Waals surface area contributed by atoms with Crippen LogP contribution in [-0.4, -0.2) is 40.1 Å². The van der Waals surface area contributed by atoms with Gasteiger partial charge in [0.2, 0.25) is 0 Å². The van der Waals surface area contributed by atoms with Crippen molar-refractivity contribution in [3.63, 3.8) is 0 Å². The Morgan fingerprint density at radius 3 is 2.63 bits per heavy atom. The van der Waals surface area contributed by atoms with E-state index in [9.17, 15) is 14.7 Å². The smallest absolute Gasteiger partial charge is 0.329 e. The number of carboxylic acids is 1. The van der Waals surface area contributed by atoms with Gasteiger partial charge in [0.15, 0.2) is 0 Å². The highest BCUT2D eigenvalue weighted by Crippen LogP contribution is 2.32. The number of likely N-dealkylation sites (tertiary alicyclic amines) is 1. The minimum Gasteiger partial charge on any atom is -0.479 e. The number of amides is 2. The van der Waals surface area contributed by atoms with E-state index in [2.05, 4.69) is 12.2 Å². The fourth-order valence-electron chi connectivity index (χ4n) is 2.79. The summed E-state index contributed by atoms with van der Waals surface area (Å²) in [6.07, 6.45) is 4.87. The molecular weight excluding hydrogens is 244 g/mol. The summed E-state index contributed by atoms with van der Waals surface area (Å²) in [6.45, 7) is 6.45. The van der Waals surface area contributed by atoms with Crippen LogP contribution >= 0.6 is 0 Å². The van der Waals surface area contributed by atoms with Gasteiger partial charge in [-0.1, -0.05) is 26.7 Å². The van der Waals surface area contributed by atoms with E-state index in [-0.39, 0.29) is 12.1 Å². The van der Waals surface area contributed by atoms with Crippen LogP contribution in [0.3, 0.4) is 0 Å². The van der Waals surface area contributed by atoms with Crippen molar-refractivity contribution in [1.29, 1.82) is 0 Å². The van der Waals surface area contributed by atoms with Crippen LogP contribution in [0.4, 0.5) is 4.79 Å². The first-order chi connectivity index (χ1) is 8.97. The minimum absolute atomic E-state index is 0.0939. The van der Waals surface area contributed by atoms with Crippen LogP contribution in [0.15, 0.2) is 0 Å². The van der Waals surface area contributed by atoms with Gasteiger partial charge < -0.3 is 15.3 Å². The second kappa shape index (κ2) is 6.78. The highest BCUT2D eigenvalue weighted by atomic mass is 16.4. The van der Waals surface area contributed by atoms with Crippen molar-refractivity contribution in [2.75, 3.05) is 6.54 Å². The normalized spacial score (nSPS) is 24.3. The average Bonchev–Trinajstić information content (AvgIpc) is 2.81. The van der Waals surface area contributed by atoms with Gasteiger partial charge in [0.1, 0.15) is 5.54 Å². The Morgan fingerprint density at radius 1 is 1.42 bits per heavy atom. The summed E-state index contributed by atoms with van der Waals surface area (Å²) >= 11 is 0. The van der Waals surface area contributed by atoms with E-state index < -0.39 is 11.5 Å². The molecule has 2 amide bonds. The van der Waals surface area contributed by atoms with E-state index in [0.29, 0.717) is 19.4 Å². The lowest BCUT2D eigenvalue weighted by Crippen LogP contribution is -2.56. The monoisotopic (exact) mass is 270 g/mol. The van der Waals surface area contributed by atoms with Crippen LogP contribution in [0.1, 0.15) is 59.3 Å². The number of nitrogens with one attached hydrogen (secondary N) is 1. The Morgan fingerprint density at radius 2 is 2.11 bits per heavy atom. The molecular formula is C14H26N2O3. The maximum absolute atomic E-state index is 12.2. The molecule has 1 rings (SSSR count). The molecule has 2 unspecified atom stereocenters. The van der Waals surface area contributed by atoms with Crippen molar-refractivity contribution in [3.8, 4) is 0 Å². The summed E-state index contributed by atoms with van der Waals surface area (Å²) < 4.78 is 0. The molecule has 0 aromatic carbocycles. The van der Waals surface area contributed by atoms with E-state index in [0.717, 1.165) is 25.7 Å². The SMILES string of the molecule is CCCCC(C)NC(=O)N1CCCC1(CC)C(=O)O. The molecule has 0 bridgehead atoms. The van der Waals surface area contributed by atoms with Crippen molar-refractivity contribution in [3.05, 3.63) is 0 Å². The Hall–Kier alpha value is -1.26. The second-order valence-corrected chi connectivity index (χ2v) is 5.44. The maximum atomic E-state index is 12.2. The zero-order valence-corrected chi connectivity index (χ0v) is 12.2. The Labute approximate surface area is 115 Å². The van der Waals surface area contributed by atoms with Crippen LogP contribution in [0.5, 0.6) is 0 Å². The summed E-state index contributed by atoms with van der Waals surface area (Å²) in [6, 6.07) is -0.137. The van der Waals surface area contributed by atoms with Gasteiger partial charge in [-0.05, 0) is 32.6 Å². The second-order valence-electron chi connectivity index (χ2n) is 5.44. The number of hydrogen-bond acceptors (Lipinski definition) is 2. The van der Waals surface area contributed by atoms with Crippen LogP contribution < -0.4 is 5.32 Å². The molecule has 2 atom stereocenters. The molecule has 1 saturated heterocycles. The molecule has 0 aromatic heterocycles. The largest absolute Gasteiger partial charge is 0.479 e. The molecule has 0 aliphatic carbocycles. The van der Waals surface area contributed by atoms with Gasteiger partial charge in [0.05, 0.1) is 0 Å². The number of hydrogen-bond donors (Lipinski definition) is 2. The third-order valence-corrected chi connectivity index (χ3v) is 4.08.